The van der Waals surface area contributed by atoms with Gasteiger partial charge in [0.2, 0.25) is 15.7 Å². The normalized spacial score (nSPS) is 17.9. The molecular weight excluding hydrogens is 401 g/mol. The molecule has 0 saturated carbocycles. The summed E-state index contributed by atoms with van der Waals surface area (Å²) >= 11 is 0. The third-order valence-electron chi connectivity index (χ3n) is 3.85. The van der Waals surface area contributed by atoms with Crippen molar-refractivity contribution < 1.29 is 31.1 Å². The van der Waals surface area contributed by atoms with E-state index >= 15 is 0 Å². The second-order valence-electron chi connectivity index (χ2n) is 5.73. The Balaban J connectivity index is 1.69. The minimum absolute atomic E-state index is 0.00454. The standard InChI is InChI=1S/C16H13F3N4O4S/c17-16(18,19)27-11-1-3-13(4-2-11)28(24,25)23-8-5-12(10-23)26-15-14(9-20)21-6-7-22-15/h1-4,6-7,12H,5,8,10H2. The molecule has 1 unspecified atom stereocenters. The zero-order valence-corrected chi connectivity index (χ0v) is 14.9. The number of rotatable bonds is 5. The van der Waals surface area contributed by atoms with Gasteiger partial charge >= 0.3 is 6.36 Å². The maximum absolute atomic E-state index is 12.7. The van der Waals surface area contributed by atoms with Crippen LogP contribution in [-0.4, -0.2) is 48.2 Å². The maximum atomic E-state index is 12.7. The molecule has 1 aliphatic heterocycles. The van der Waals surface area contributed by atoms with Crippen LogP contribution in [0.5, 0.6) is 11.6 Å². The topological polar surface area (TPSA) is 105 Å². The molecular formula is C16H13F3N4O4S. The fraction of sp³-hybridized carbons (Fsp3) is 0.312. The molecule has 0 radical (unpaired) electrons. The predicted molar refractivity (Wildman–Crippen MR) is 87.7 cm³/mol. The van der Waals surface area contributed by atoms with Crippen LogP contribution in [0.1, 0.15) is 12.1 Å². The van der Waals surface area contributed by atoms with Crippen molar-refractivity contribution in [3.63, 3.8) is 0 Å². The summed E-state index contributed by atoms with van der Waals surface area (Å²) in [6, 6.07) is 5.79. The van der Waals surface area contributed by atoms with E-state index in [1.54, 1.807) is 0 Å². The van der Waals surface area contributed by atoms with Crippen molar-refractivity contribution in [2.45, 2.75) is 23.8 Å². The van der Waals surface area contributed by atoms with Crippen LogP contribution in [0, 0.1) is 11.3 Å². The summed E-state index contributed by atoms with van der Waals surface area (Å²) in [6.45, 7) is 0.153. The molecule has 1 fully saturated rings. The van der Waals surface area contributed by atoms with E-state index in [1.165, 1.54) is 12.4 Å². The van der Waals surface area contributed by atoms with Crippen LogP contribution in [-0.2, 0) is 10.0 Å². The predicted octanol–water partition coefficient (Wildman–Crippen LogP) is 2.09. The molecule has 2 heterocycles. The van der Waals surface area contributed by atoms with Crippen molar-refractivity contribution in [1.82, 2.24) is 14.3 Å². The first kappa shape index (κ1) is 19.8. The van der Waals surface area contributed by atoms with Gasteiger partial charge < -0.3 is 9.47 Å². The van der Waals surface area contributed by atoms with Gasteiger partial charge in [-0.25, -0.2) is 18.4 Å². The highest BCUT2D eigenvalue weighted by Gasteiger charge is 2.35. The number of halogens is 3. The fourth-order valence-electron chi connectivity index (χ4n) is 2.62. The lowest BCUT2D eigenvalue weighted by atomic mass is 10.3. The van der Waals surface area contributed by atoms with Crippen LogP contribution in [0.25, 0.3) is 0 Å². The zero-order chi connectivity index (χ0) is 20.4. The molecule has 0 N–H and O–H groups in total. The monoisotopic (exact) mass is 414 g/mol. The van der Waals surface area contributed by atoms with E-state index in [9.17, 15) is 21.6 Å². The Morgan fingerprint density at radius 2 is 1.86 bits per heavy atom. The summed E-state index contributed by atoms with van der Waals surface area (Å²) < 4.78 is 72.4. The van der Waals surface area contributed by atoms with E-state index in [0.29, 0.717) is 6.42 Å². The molecule has 28 heavy (non-hydrogen) atoms. The van der Waals surface area contributed by atoms with Gasteiger partial charge in [-0.1, -0.05) is 0 Å². The first-order valence-electron chi connectivity index (χ1n) is 7.93. The second kappa shape index (κ2) is 7.61. The largest absolute Gasteiger partial charge is 0.573 e. The first-order chi connectivity index (χ1) is 13.2. The Morgan fingerprint density at radius 3 is 2.50 bits per heavy atom. The van der Waals surface area contributed by atoms with E-state index in [4.69, 9.17) is 10.00 Å². The molecule has 0 aliphatic carbocycles. The van der Waals surface area contributed by atoms with Crippen LogP contribution < -0.4 is 9.47 Å². The van der Waals surface area contributed by atoms with Gasteiger partial charge in [0, 0.05) is 18.9 Å². The van der Waals surface area contributed by atoms with Crippen molar-refractivity contribution in [3.05, 3.63) is 42.4 Å². The maximum Gasteiger partial charge on any atom is 0.573 e. The van der Waals surface area contributed by atoms with E-state index in [2.05, 4.69) is 14.7 Å². The molecule has 1 aliphatic rings. The van der Waals surface area contributed by atoms with Crippen molar-refractivity contribution in [3.8, 4) is 17.7 Å². The van der Waals surface area contributed by atoms with Gasteiger partial charge in [0.15, 0.2) is 0 Å². The summed E-state index contributed by atoms with van der Waals surface area (Å²) in [5.74, 6) is -0.497. The Morgan fingerprint density at radius 1 is 1.18 bits per heavy atom. The highest BCUT2D eigenvalue weighted by atomic mass is 32.2. The first-order valence-corrected chi connectivity index (χ1v) is 9.37. The van der Waals surface area contributed by atoms with Gasteiger partial charge in [-0.15, -0.1) is 13.2 Å². The Labute approximate surface area is 158 Å². The summed E-state index contributed by atoms with van der Waals surface area (Å²) in [5, 5.41) is 9.00. The highest BCUT2D eigenvalue weighted by Crippen LogP contribution is 2.27. The number of alkyl halides is 3. The number of benzene rings is 1. The van der Waals surface area contributed by atoms with Crippen molar-refractivity contribution >= 4 is 10.0 Å². The highest BCUT2D eigenvalue weighted by molar-refractivity contribution is 7.89. The minimum Gasteiger partial charge on any atom is -0.471 e. The van der Waals surface area contributed by atoms with Crippen LogP contribution in [0.3, 0.4) is 0 Å². The van der Waals surface area contributed by atoms with Gasteiger partial charge in [0.05, 0.1) is 11.4 Å². The van der Waals surface area contributed by atoms with E-state index in [-0.39, 0.29) is 29.6 Å². The molecule has 1 aromatic carbocycles. The zero-order valence-electron chi connectivity index (χ0n) is 14.1. The van der Waals surface area contributed by atoms with Gasteiger partial charge in [0.25, 0.3) is 5.88 Å². The van der Waals surface area contributed by atoms with Gasteiger partial charge in [-0.05, 0) is 30.7 Å². The molecule has 1 aromatic heterocycles. The second-order valence-corrected chi connectivity index (χ2v) is 7.67. The lowest BCUT2D eigenvalue weighted by Gasteiger charge is -2.17. The van der Waals surface area contributed by atoms with Crippen molar-refractivity contribution in [2.75, 3.05) is 13.1 Å². The third kappa shape index (κ3) is 4.49. The molecule has 2 aromatic rings. The Kier molecular flexibility index (Phi) is 5.39. The molecule has 1 saturated heterocycles. The van der Waals surface area contributed by atoms with Gasteiger partial charge in [0.1, 0.15) is 17.9 Å². The third-order valence-corrected chi connectivity index (χ3v) is 5.73. The lowest BCUT2D eigenvalue weighted by molar-refractivity contribution is -0.274. The fourth-order valence-corrected chi connectivity index (χ4v) is 4.11. The van der Waals surface area contributed by atoms with Gasteiger partial charge in [-0.2, -0.15) is 9.57 Å². The van der Waals surface area contributed by atoms with E-state index in [1.807, 2.05) is 6.07 Å². The summed E-state index contributed by atoms with van der Waals surface area (Å²) in [7, 11) is -3.92. The average Bonchev–Trinajstić information content (AvgIpc) is 3.11. The molecule has 0 amide bonds. The number of hydrogen-bond acceptors (Lipinski definition) is 7. The minimum atomic E-state index is -4.86. The van der Waals surface area contributed by atoms with Crippen molar-refractivity contribution in [2.24, 2.45) is 0 Å². The van der Waals surface area contributed by atoms with Crippen LogP contribution in [0.2, 0.25) is 0 Å². The lowest BCUT2D eigenvalue weighted by Crippen LogP contribution is -2.31. The van der Waals surface area contributed by atoms with Gasteiger partial charge in [-0.3, -0.25) is 0 Å². The number of hydrogen-bond donors (Lipinski definition) is 0. The molecule has 12 heteroatoms. The molecule has 1 atom stereocenters. The van der Waals surface area contributed by atoms with Crippen LogP contribution in [0.4, 0.5) is 13.2 Å². The number of ether oxygens (including phenoxy) is 2. The molecule has 0 spiro atoms. The molecule has 0 bridgehead atoms. The Bertz CT molecular complexity index is 990. The van der Waals surface area contributed by atoms with Crippen LogP contribution >= 0.6 is 0 Å². The number of aromatic nitrogens is 2. The van der Waals surface area contributed by atoms with Crippen molar-refractivity contribution in [1.29, 1.82) is 5.26 Å². The van der Waals surface area contributed by atoms with Crippen LogP contribution in [0.15, 0.2) is 41.6 Å². The number of nitriles is 1. The smallest absolute Gasteiger partial charge is 0.471 e. The number of nitrogens with zero attached hydrogens (tertiary/aromatic N) is 4. The Hall–Kier alpha value is -2.91. The molecule has 148 valence electrons. The summed E-state index contributed by atoms with van der Waals surface area (Å²) in [6.07, 6.45) is -2.35. The van der Waals surface area contributed by atoms with E-state index in [0.717, 1.165) is 28.6 Å². The molecule has 3 rings (SSSR count). The summed E-state index contributed by atoms with van der Waals surface area (Å²) in [4.78, 5) is 7.57. The number of sulfonamides is 1. The SMILES string of the molecule is N#Cc1nccnc1OC1CCN(S(=O)(=O)c2ccc(OC(F)(F)F)cc2)C1. The molecule has 8 nitrogen and oxygen atoms in total. The quantitative estimate of drug-likeness (QED) is 0.738. The summed E-state index contributed by atoms with van der Waals surface area (Å²) in [5.41, 5.74) is -0.0101. The average molecular weight is 414 g/mol. The van der Waals surface area contributed by atoms with E-state index < -0.39 is 28.2 Å².